The van der Waals surface area contributed by atoms with Crippen LogP contribution in [0, 0.1) is 10.8 Å². The Bertz CT molecular complexity index is 2230. The number of nitrogens with one attached hydrogen (secondary N) is 2. The largest absolute Gasteiger partial charge is 0.464 e. The van der Waals surface area contributed by atoms with Crippen LogP contribution >= 0.6 is 22.7 Å². The molecule has 0 spiro atoms. The van der Waals surface area contributed by atoms with Crippen molar-refractivity contribution in [3.05, 3.63) is 94.5 Å². The van der Waals surface area contributed by atoms with E-state index in [1.54, 1.807) is 18.6 Å². The lowest BCUT2D eigenvalue weighted by Gasteiger charge is -2.20. The minimum Gasteiger partial charge on any atom is -0.464 e. The van der Waals surface area contributed by atoms with Crippen LogP contribution in [0.25, 0.3) is 20.4 Å². The third kappa shape index (κ3) is 10.2. The van der Waals surface area contributed by atoms with Crippen molar-refractivity contribution >= 4 is 66.9 Å². The minimum absolute atomic E-state index is 0.00694. The molecule has 294 valence electrons. The summed E-state index contributed by atoms with van der Waals surface area (Å²) in [5.74, 6) is 0.390. The first-order chi connectivity index (χ1) is 26.8. The fraction of sp³-hybridized carbons (Fsp3) is 0.429. The van der Waals surface area contributed by atoms with E-state index >= 15 is 0 Å². The number of ether oxygens (including phenoxy) is 1. The topological polar surface area (TPSA) is 148 Å². The molecule has 14 heteroatoms. The van der Waals surface area contributed by atoms with Crippen molar-refractivity contribution in [3.8, 4) is 0 Å². The van der Waals surface area contributed by atoms with Gasteiger partial charge in [-0.15, -0.1) is 22.7 Å². The number of likely N-dealkylation sites (tertiary alicyclic amines) is 1. The van der Waals surface area contributed by atoms with Crippen LogP contribution in [-0.4, -0.2) is 66.9 Å². The van der Waals surface area contributed by atoms with Crippen LogP contribution in [0.5, 0.6) is 0 Å². The average molecular weight is 794 g/mol. The molecule has 2 atom stereocenters. The molecule has 1 saturated carbocycles. The molecular weight excluding hydrogens is 743 g/mol. The zero-order valence-corrected chi connectivity index (χ0v) is 34.8. The second kappa shape index (κ2) is 17.8. The molecule has 0 unspecified atom stereocenters. The predicted octanol–water partition coefficient (Wildman–Crippen LogP) is 9.76. The highest BCUT2D eigenvalue weighted by Crippen LogP contribution is 2.36. The van der Waals surface area contributed by atoms with Crippen LogP contribution in [-0.2, 0) is 4.74 Å². The van der Waals surface area contributed by atoms with Gasteiger partial charge in [0.1, 0.15) is 0 Å². The summed E-state index contributed by atoms with van der Waals surface area (Å²) in [6.45, 7) is 14.7. The van der Waals surface area contributed by atoms with Crippen molar-refractivity contribution in [2.45, 2.75) is 85.7 Å². The summed E-state index contributed by atoms with van der Waals surface area (Å²) in [7, 11) is 1.34. The maximum Gasteiger partial charge on any atom is 0.358 e. The fourth-order valence-corrected chi connectivity index (χ4v) is 8.44. The second-order valence-electron chi connectivity index (χ2n) is 15.9. The Morgan fingerprint density at radius 1 is 0.732 bits per heavy atom. The number of carbonyl (C=O) groups is 2. The number of pyridine rings is 2. The maximum atomic E-state index is 13.2. The van der Waals surface area contributed by atoms with Crippen molar-refractivity contribution in [2.24, 2.45) is 10.8 Å². The van der Waals surface area contributed by atoms with Gasteiger partial charge in [-0.05, 0) is 90.1 Å². The molecule has 56 heavy (non-hydrogen) atoms. The van der Waals surface area contributed by atoms with Gasteiger partial charge in [-0.25, -0.2) is 24.7 Å². The highest BCUT2D eigenvalue weighted by atomic mass is 32.1. The minimum atomic E-state index is -0.466. The summed E-state index contributed by atoms with van der Waals surface area (Å²) < 4.78 is 6.38. The lowest BCUT2D eigenvalue weighted by molar-refractivity contribution is 0.0596. The predicted molar refractivity (Wildman–Crippen MR) is 225 cm³/mol. The number of rotatable bonds is 8. The quantitative estimate of drug-likeness (QED) is 0.142. The van der Waals surface area contributed by atoms with Gasteiger partial charge in [0, 0.05) is 37.9 Å². The number of hydrogen-bond acceptors (Lipinski definition) is 13. The van der Waals surface area contributed by atoms with Gasteiger partial charge >= 0.3 is 5.97 Å². The zero-order valence-electron chi connectivity index (χ0n) is 33.2. The number of carbonyl (C=O) groups excluding carboxylic acids is 2. The molecule has 6 aromatic rings. The number of anilines is 2. The highest BCUT2D eigenvalue weighted by Gasteiger charge is 2.34. The molecule has 2 fully saturated rings. The van der Waals surface area contributed by atoms with Crippen LogP contribution in [0.1, 0.15) is 118 Å². The first-order valence-corrected chi connectivity index (χ1v) is 20.8. The molecule has 12 nitrogen and oxygen atoms in total. The third-order valence-corrected chi connectivity index (χ3v) is 12.0. The Morgan fingerprint density at radius 2 is 1.25 bits per heavy atom. The Balaban J connectivity index is 0.000000164. The Labute approximate surface area is 336 Å². The Morgan fingerprint density at radius 3 is 1.68 bits per heavy atom. The molecule has 2 N–H and O–H groups in total. The Kier molecular flexibility index (Phi) is 12.9. The van der Waals surface area contributed by atoms with E-state index in [2.05, 4.69) is 68.2 Å². The zero-order chi connectivity index (χ0) is 39.9. The van der Waals surface area contributed by atoms with Crippen LogP contribution in [0.15, 0.2) is 71.9 Å². The van der Waals surface area contributed by atoms with Gasteiger partial charge in [-0.3, -0.25) is 14.8 Å². The SMILES string of the molecule is CC1(C)CCCC1.COC(=O)c1nc(N[C@@H](C)c2cccnc2)nc2ccsc12.C[C@H](Nc1nc(C(=O)N2CCC(C)(C)C2)c2sccc2n1)c1cccnc1. The number of nitrogens with zero attached hydrogens (tertiary/aromatic N) is 7. The van der Waals surface area contributed by atoms with Gasteiger partial charge in [0.15, 0.2) is 11.4 Å². The van der Waals surface area contributed by atoms with E-state index < -0.39 is 5.97 Å². The van der Waals surface area contributed by atoms with Crippen molar-refractivity contribution < 1.29 is 14.3 Å². The van der Waals surface area contributed by atoms with E-state index in [1.165, 1.54) is 55.5 Å². The molecule has 1 amide bonds. The lowest BCUT2D eigenvalue weighted by atomic mass is 9.92. The number of amides is 1. The second-order valence-corrected chi connectivity index (χ2v) is 17.7. The van der Waals surface area contributed by atoms with Crippen LogP contribution in [0.4, 0.5) is 11.9 Å². The number of thiophene rings is 2. The number of aromatic nitrogens is 6. The molecule has 7 heterocycles. The first kappa shape index (κ1) is 40.6. The first-order valence-electron chi connectivity index (χ1n) is 19.0. The van der Waals surface area contributed by atoms with Crippen molar-refractivity contribution in [3.63, 3.8) is 0 Å². The molecule has 2 aliphatic rings. The summed E-state index contributed by atoms with van der Waals surface area (Å²) in [6.07, 6.45) is 13.9. The standard InChI is InChI=1S/C20H23N5OS.C15H14N4O2S.C7H14/c1-13(14-5-4-8-21-11-14)22-19-23-15-6-10-27-17(15)16(24-19)18(26)25-9-7-20(2,3)12-25;1-9(10-4-3-6-16-8-10)17-15-18-11-5-7-22-13(11)12(19-15)14(20)21-2;1-7(2)5-3-4-6-7/h4-6,8,10-11,13H,7,9,12H2,1-3H3,(H,22,23,24);3-9H,1-2H3,(H,17,18,19);3-6H2,1-2H3/t13-;9-;/m00./s1. The van der Waals surface area contributed by atoms with E-state index in [-0.39, 0.29) is 29.1 Å². The number of hydrogen-bond donors (Lipinski definition) is 2. The van der Waals surface area contributed by atoms with E-state index in [1.807, 2.05) is 72.1 Å². The summed E-state index contributed by atoms with van der Waals surface area (Å²) in [6, 6.07) is 11.5. The van der Waals surface area contributed by atoms with E-state index in [9.17, 15) is 9.59 Å². The van der Waals surface area contributed by atoms with Gasteiger partial charge in [0.25, 0.3) is 5.91 Å². The molecule has 1 aliphatic carbocycles. The van der Waals surface area contributed by atoms with Gasteiger partial charge < -0.3 is 20.3 Å². The van der Waals surface area contributed by atoms with Gasteiger partial charge in [-0.1, -0.05) is 52.7 Å². The molecular formula is C42H51N9O3S2. The molecule has 1 aliphatic heterocycles. The Hall–Kier alpha value is -5.08. The van der Waals surface area contributed by atoms with E-state index in [0.717, 1.165) is 51.1 Å². The van der Waals surface area contributed by atoms with E-state index in [0.29, 0.717) is 23.0 Å². The summed E-state index contributed by atoms with van der Waals surface area (Å²) in [4.78, 5) is 53.2. The summed E-state index contributed by atoms with van der Waals surface area (Å²) in [5, 5.41) is 10.3. The molecule has 8 rings (SSSR count). The van der Waals surface area contributed by atoms with Crippen LogP contribution in [0.2, 0.25) is 0 Å². The fourth-order valence-electron chi connectivity index (χ4n) is 6.82. The molecule has 0 bridgehead atoms. The van der Waals surface area contributed by atoms with Crippen molar-refractivity contribution in [1.82, 2.24) is 34.8 Å². The van der Waals surface area contributed by atoms with E-state index in [4.69, 9.17) is 4.74 Å². The number of methoxy groups -OCH3 is 1. The molecule has 0 radical (unpaired) electrons. The monoisotopic (exact) mass is 793 g/mol. The molecule has 6 aromatic heterocycles. The van der Waals surface area contributed by atoms with Gasteiger partial charge in [0.05, 0.1) is 39.6 Å². The number of esters is 1. The highest BCUT2D eigenvalue weighted by molar-refractivity contribution is 7.17. The average Bonchev–Trinajstić information content (AvgIpc) is 4.02. The van der Waals surface area contributed by atoms with Crippen molar-refractivity contribution in [2.75, 3.05) is 30.8 Å². The lowest BCUT2D eigenvalue weighted by Crippen LogP contribution is -2.31. The van der Waals surface area contributed by atoms with Gasteiger partial charge in [-0.2, -0.15) is 0 Å². The van der Waals surface area contributed by atoms with Crippen molar-refractivity contribution in [1.29, 1.82) is 0 Å². The van der Waals surface area contributed by atoms with Crippen LogP contribution < -0.4 is 10.6 Å². The maximum absolute atomic E-state index is 13.2. The van der Waals surface area contributed by atoms with Gasteiger partial charge in [0.2, 0.25) is 11.9 Å². The summed E-state index contributed by atoms with van der Waals surface area (Å²) in [5.41, 5.74) is 5.21. The summed E-state index contributed by atoms with van der Waals surface area (Å²) >= 11 is 2.93. The molecule has 0 aromatic carbocycles. The van der Waals surface area contributed by atoms with Crippen LogP contribution in [0.3, 0.4) is 0 Å². The smallest absolute Gasteiger partial charge is 0.358 e. The third-order valence-electron chi connectivity index (χ3n) is 10.2. The molecule has 1 saturated heterocycles. The number of fused-ring (bicyclic) bond motifs is 2. The normalized spacial score (nSPS) is 16.6.